The lowest BCUT2D eigenvalue weighted by Crippen LogP contribution is -1.81. The van der Waals surface area contributed by atoms with Crippen LogP contribution in [0.3, 0.4) is 0 Å². The van der Waals surface area contributed by atoms with Crippen LogP contribution in [-0.2, 0) is 0 Å². The SMILES string of the molecule is Cc1cccc(-c2cccc(O)c2)c1O. The van der Waals surface area contributed by atoms with Crippen LogP contribution in [0.15, 0.2) is 42.5 Å². The van der Waals surface area contributed by atoms with Crippen molar-refractivity contribution in [3.05, 3.63) is 48.0 Å². The number of phenols is 2. The summed E-state index contributed by atoms with van der Waals surface area (Å²) in [7, 11) is 0. The van der Waals surface area contributed by atoms with Gasteiger partial charge in [-0.15, -0.1) is 0 Å². The Kier molecular flexibility index (Phi) is 2.34. The van der Waals surface area contributed by atoms with Gasteiger partial charge in [0.1, 0.15) is 11.5 Å². The fourth-order valence-electron chi connectivity index (χ4n) is 1.57. The van der Waals surface area contributed by atoms with Crippen molar-refractivity contribution >= 4 is 0 Å². The molecule has 0 aliphatic carbocycles. The Morgan fingerprint density at radius 2 is 1.67 bits per heavy atom. The maximum atomic E-state index is 9.86. The number of phenolic OH excluding ortho intramolecular Hbond substituents is 2. The molecule has 0 saturated heterocycles. The van der Waals surface area contributed by atoms with Crippen LogP contribution >= 0.6 is 0 Å². The number of rotatable bonds is 1. The summed E-state index contributed by atoms with van der Waals surface area (Å²) < 4.78 is 0. The van der Waals surface area contributed by atoms with E-state index in [1.54, 1.807) is 18.2 Å². The number of hydrogen-bond acceptors (Lipinski definition) is 2. The van der Waals surface area contributed by atoms with Crippen molar-refractivity contribution in [1.82, 2.24) is 0 Å². The van der Waals surface area contributed by atoms with E-state index in [1.165, 1.54) is 0 Å². The standard InChI is InChI=1S/C13H12O2/c1-9-4-2-7-12(13(9)15)10-5-3-6-11(14)8-10/h2-8,14-15H,1H3. The third-order valence-electron chi connectivity index (χ3n) is 2.39. The predicted octanol–water partition coefficient (Wildman–Crippen LogP) is 3.07. The first-order valence-corrected chi connectivity index (χ1v) is 4.76. The zero-order valence-electron chi connectivity index (χ0n) is 8.44. The summed E-state index contributed by atoms with van der Waals surface area (Å²) in [4.78, 5) is 0. The Balaban J connectivity index is 2.59. The molecular formula is C13H12O2. The Hall–Kier alpha value is -1.96. The summed E-state index contributed by atoms with van der Waals surface area (Å²) in [6.45, 7) is 1.85. The third kappa shape index (κ3) is 1.79. The average Bonchev–Trinajstić information content (AvgIpc) is 2.22. The number of benzene rings is 2. The van der Waals surface area contributed by atoms with Gasteiger partial charge in [0.15, 0.2) is 0 Å². The molecule has 0 aliphatic rings. The second-order valence-electron chi connectivity index (χ2n) is 3.52. The van der Waals surface area contributed by atoms with E-state index in [-0.39, 0.29) is 11.5 Å². The van der Waals surface area contributed by atoms with E-state index in [0.717, 1.165) is 16.7 Å². The molecule has 0 fully saturated rings. The van der Waals surface area contributed by atoms with Gasteiger partial charge in [-0.05, 0) is 30.2 Å². The summed E-state index contributed by atoms with van der Waals surface area (Å²) in [5.41, 5.74) is 2.39. The molecule has 0 radical (unpaired) electrons. The predicted molar refractivity (Wildman–Crippen MR) is 59.9 cm³/mol. The molecule has 2 nitrogen and oxygen atoms in total. The second-order valence-corrected chi connectivity index (χ2v) is 3.52. The van der Waals surface area contributed by atoms with Gasteiger partial charge in [0.2, 0.25) is 0 Å². The van der Waals surface area contributed by atoms with Gasteiger partial charge in [-0.1, -0.05) is 30.3 Å². The monoisotopic (exact) mass is 200 g/mol. The summed E-state index contributed by atoms with van der Waals surface area (Å²) >= 11 is 0. The Morgan fingerprint density at radius 3 is 2.40 bits per heavy atom. The molecule has 0 heterocycles. The van der Waals surface area contributed by atoms with E-state index in [0.29, 0.717) is 0 Å². The van der Waals surface area contributed by atoms with Gasteiger partial charge in [0.25, 0.3) is 0 Å². The molecule has 0 aliphatic heterocycles. The zero-order valence-corrected chi connectivity index (χ0v) is 8.44. The number of hydrogen-bond donors (Lipinski definition) is 2. The fraction of sp³-hybridized carbons (Fsp3) is 0.0769. The lowest BCUT2D eigenvalue weighted by Gasteiger charge is -2.07. The van der Waals surface area contributed by atoms with E-state index in [1.807, 2.05) is 31.2 Å². The van der Waals surface area contributed by atoms with Crippen molar-refractivity contribution in [2.24, 2.45) is 0 Å². The molecule has 2 aromatic rings. The van der Waals surface area contributed by atoms with Crippen molar-refractivity contribution in [2.45, 2.75) is 6.92 Å². The minimum atomic E-state index is 0.202. The minimum absolute atomic E-state index is 0.202. The summed E-state index contributed by atoms with van der Waals surface area (Å²) in [5, 5.41) is 19.2. The summed E-state index contributed by atoms with van der Waals surface area (Å²) in [6, 6.07) is 12.4. The van der Waals surface area contributed by atoms with Crippen LogP contribution in [-0.4, -0.2) is 10.2 Å². The molecule has 76 valence electrons. The van der Waals surface area contributed by atoms with Gasteiger partial charge in [-0.3, -0.25) is 0 Å². The quantitative estimate of drug-likeness (QED) is 0.742. The Bertz CT molecular complexity index is 490. The first-order chi connectivity index (χ1) is 7.18. The van der Waals surface area contributed by atoms with Crippen LogP contribution in [0, 0.1) is 6.92 Å². The molecule has 0 aromatic heterocycles. The van der Waals surface area contributed by atoms with E-state index < -0.39 is 0 Å². The van der Waals surface area contributed by atoms with Crippen molar-refractivity contribution in [1.29, 1.82) is 0 Å². The van der Waals surface area contributed by atoms with Gasteiger partial charge >= 0.3 is 0 Å². The van der Waals surface area contributed by atoms with Crippen molar-refractivity contribution in [3.8, 4) is 22.6 Å². The summed E-state index contributed by atoms with van der Waals surface area (Å²) in [5.74, 6) is 0.469. The molecule has 0 amide bonds. The van der Waals surface area contributed by atoms with E-state index in [4.69, 9.17) is 0 Å². The number of aryl methyl sites for hydroxylation is 1. The van der Waals surface area contributed by atoms with Crippen molar-refractivity contribution in [3.63, 3.8) is 0 Å². The average molecular weight is 200 g/mol. The first-order valence-electron chi connectivity index (χ1n) is 4.76. The molecule has 2 N–H and O–H groups in total. The molecule has 0 unspecified atom stereocenters. The van der Waals surface area contributed by atoms with Gasteiger partial charge in [-0.25, -0.2) is 0 Å². The third-order valence-corrected chi connectivity index (χ3v) is 2.39. The Labute approximate surface area is 88.4 Å². The highest BCUT2D eigenvalue weighted by molar-refractivity contribution is 5.72. The summed E-state index contributed by atoms with van der Waals surface area (Å²) in [6.07, 6.45) is 0. The topological polar surface area (TPSA) is 40.5 Å². The number of aromatic hydroxyl groups is 2. The maximum absolute atomic E-state index is 9.86. The van der Waals surface area contributed by atoms with Crippen LogP contribution in [0.2, 0.25) is 0 Å². The molecular weight excluding hydrogens is 188 g/mol. The highest BCUT2D eigenvalue weighted by Crippen LogP contribution is 2.32. The van der Waals surface area contributed by atoms with Crippen molar-refractivity contribution < 1.29 is 10.2 Å². The van der Waals surface area contributed by atoms with Crippen LogP contribution < -0.4 is 0 Å². The molecule has 2 rings (SSSR count). The molecule has 15 heavy (non-hydrogen) atoms. The highest BCUT2D eigenvalue weighted by atomic mass is 16.3. The lowest BCUT2D eigenvalue weighted by molar-refractivity contribution is 0.472. The highest BCUT2D eigenvalue weighted by Gasteiger charge is 2.06. The first kappa shape index (κ1) is 9.59. The van der Waals surface area contributed by atoms with Crippen molar-refractivity contribution in [2.75, 3.05) is 0 Å². The molecule has 2 heteroatoms. The minimum Gasteiger partial charge on any atom is -0.508 e. The molecule has 0 bridgehead atoms. The van der Waals surface area contributed by atoms with Crippen LogP contribution in [0.4, 0.5) is 0 Å². The van der Waals surface area contributed by atoms with Gasteiger partial charge in [0.05, 0.1) is 0 Å². The van der Waals surface area contributed by atoms with Gasteiger partial charge in [-0.2, -0.15) is 0 Å². The Morgan fingerprint density at radius 1 is 0.933 bits per heavy atom. The molecule has 0 spiro atoms. The second kappa shape index (κ2) is 3.65. The van der Waals surface area contributed by atoms with E-state index >= 15 is 0 Å². The molecule has 0 saturated carbocycles. The van der Waals surface area contributed by atoms with Gasteiger partial charge < -0.3 is 10.2 Å². The molecule has 0 atom stereocenters. The molecule has 2 aromatic carbocycles. The van der Waals surface area contributed by atoms with Crippen LogP contribution in [0.25, 0.3) is 11.1 Å². The van der Waals surface area contributed by atoms with Crippen LogP contribution in [0.5, 0.6) is 11.5 Å². The van der Waals surface area contributed by atoms with Gasteiger partial charge in [0, 0.05) is 5.56 Å². The number of para-hydroxylation sites is 1. The fourth-order valence-corrected chi connectivity index (χ4v) is 1.57. The van der Waals surface area contributed by atoms with E-state index in [2.05, 4.69) is 0 Å². The largest absolute Gasteiger partial charge is 0.508 e. The van der Waals surface area contributed by atoms with E-state index in [9.17, 15) is 10.2 Å². The lowest BCUT2D eigenvalue weighted by atomic mass is 10.0. The smallest absolute Gasteiger partial charge is 0.126 e. The zero-order chi connectivity index (χ0) is 10.8. The normalized spacial score (nSPS) is 10.2. The maximum Gasteiger partial charge on any atom is 0.126 e. The van der Waals surface area contributed by atoms with Crippen LogP contribution in [0.1, 0.15) is 5.56 Å².